The van der Waals surface area contributed by atoms with E-state index in [2.05, 4.69) is 0 Å². The molecule has 174 valence electrons. The number of furan rings is 1. The Bertz CT molecular complexity index is 800. The summed E-state index contributed by atoms with van der Waals surface area (Å²) in [5.74, 6) is 1.38. The first kappa shape index (κ1) is 24.1. The van der Waals surface area contributed by atoms with Crippen molar-refractivity contribution in [2.24, 2.45) is 5.92 Å². The zero-order valence-electron chi connectivity index (χ0n) is 19.2. The highest BCUT2D eigenvalue weighted by Crippen LogP contribution is 2.28. The molecular weight excluding hydrogens is 404 g/mol. The van der Waals surface area contributed by atoms with Gasteiger partial charge in [-0.15, -0.1) is 0 Å². The molecule has 6 nitrogen and oxygen atoms in total. The van der Waals surface area contributed by atoms with Crippen LogP contribution >= 0.6 is 0 Å². The van der Waals surface area contributed by atoms with Crippen molar-refractivity contribution in [1.29, 1.82) is 0 Å². The Kier molecular flexibility index (Phi) is 9.82. The Balaban J connectivity index is 1.65. The molecule has 1 aromatic heterocycles. The molecule has 0 saturated heterocycles. The summed E-state index contributed by atoms with van der Waals surface area (Å²) in [7, 11) is 1.66. The van der Waals surface area contributed by atoms with Crippen molar-refractivity contribution < 1.29 is 18.7 Å². The van der Waals surface area contributed by atoms with E-state index in [9.17, 15) is 9.59 Å². The molecule has 0 bridgehead atoms. The van der Waals surface area contributed by atoms with Gasteiger partial charge >= 0.3 is 0 Å². The lowest BCUT2D eigenvalue weighted by molar-refractivity contribution is -0.141. The Hall–Kier alpha value is -2.60. The monoisotopic (exact) mass is 440 g/mol. The minimum absolute atomic E-state index is 0.0685. The molecule has 1 aliphatic carbocycles. The third-order valence-corrected chi connectivity index (χ3v) is 6.19. The highest BCUT2D eigenvalue weighted by atomic mass is 16.5. The molecular formula is C26H36N2O4. The zero-order chi connectivity index (χ0) is 22.6. The normalized spacial score (nSPS) is 13.9. The maximum atomic E-state index is 13.3. The van der Waals surface area contributed by atoms with E-state index in [-0.39, 0.29) is 18.4 Å². The molecule has 0 N–H and O–H groups in total. The smallest absolute Gasteiger partial charge is 0.242 e. The van der Waals surface area contributed by atoms with Gasteiger partial charge in [-0.05, 0) is 36.5 Å². The van der Waals surface area contributed by atoms with Gasteiger partial charge in [0, 0.05) is 33.2 Å². The van der Waals surface area contributed by atoms with Crippen LogP contribution in [0.15, 0.2) is 53.1 Å². The molecule has 1 saturated carbocycles. The van der Waals surface area contributed by atoms with Crippen LogP contribution in [0.25, 0.3) is 0 Å². The Labute approximate surface area is 191 Å². The molecule has 0 atom stereocenters. The van der Waals surface area contributed by atoms with Gasteiger partial charge in [0.15, 0.2) is 0 Å². The van der Waals surface area contributed by atoms with Crippen LogP contribution in [0.4, 0.5) is 0 Å². The molecule has 0 unspecified atom stereocenters. The number of hydrogen-bond donors (Lipinski definition) is 0. The second-order valence-corrected chi connectivity index (χ2v) is 8.67. The van der Waals surface area contributed by atoms with Crippen molar-refractivity contribution in [3.05, 3.63) is 60.1 Å². The number of carbonyl (C=O) groups is 2. The van der Waals surface area contributed by atoms with Crippen LogP contribution in [-0.2, 0) is 27.4 Å². The summed E-state index contributed by atoms with van der Waals surface area (Å²) in [5, 5.41) is 0. The van der Waals surface area contributed by atoms with Crippen LogP contribution in [0.1, 0.15) is 56.3 Å². The van der Waals surface area contributed by atoms with E-state index in [1.807, 2.05) is 42.5 Å². The van der Waals surface area contributed by atoms with Crippen LogP contribution in [0.3, 0.4) is 0 Å². The van der Waals surface area contributed by atoms with Gasteiger partial charge in [-0.25, -0.2) is 0 Å². The largest absolute Gasteiger partial charge is 0.467 e. The Morgan fingerprint density at radius 3 is 2.47 bits per heavy atom. The molecule has 0 spiro atoms. The molecule has 2 amide bonds. The van der Waals surface area contributed by atoms with Gasteiger partial charge in [0.05, 0.1) is 19.4 Å². The van der Waals surface area contributed by atoms with Gasteiger partial charge in [0.2, 0.25) is 11.8 Å². The first-order valence-corrected chi connectivity index (χ1v) is 11.8. The molecule has 1 aromatic carbocycles. The van der Waals surface area contributed by atoms with Gasteiger partial charge in [0.1, 0.15) is 5.76 Å². The molecule has 1 fully saturated rings. The van der Waals surface area contributed by atoms with E-state index < -0.39 is 0 Å². The van der Waals surface area contributed by atoms with Crippen molar-refractivity contribution in [3.63, 3.8) is 0 Å². The van der Waals surface area contributed by atoms with Crippen molar-refractivity contribution in [3.8, 4) is 0 Å². The minimum atomic E-state index is -0.0723. The fraction of sp³-hybridized carbons (Fsp3) is 0.538. The highest BCUT2D eigenvalue weighted by Gasteiger charge is 2.24. The number of methoxy groups -OCH3 is 1. The lowest BCUT2D eigenvalue weighted by atomic mass is 10.0. The Morgan fingerprint density at radius 2 is 1.78 bits per heavy atom. The summed E-state index contributed by atoms with van der Waals surface area (Å²) < 4.78 is 10.7. The molecule has 2 aromatic rings. The number of amides is 2. The van der Waals surface area contributed by atoms with E-state index >= 15 is 0 Å². The second kappa shape index (κ2) is 13.1. The number of carbonyl (C=O) groups excluding carboxylic acids is 2. The Morgan fingerprint density at radius 1 is 1.00 bits per heavy atom. The van der Waals surface area contributed by atoms with Crippen LogP contribution in [0.5, 0.6) is 0 Å². The van der Waals surface area contributed by atoms with Crippen molar-refractivity contribution in [2.75, 3.05) is 26.8 Å². The predicted molar refractivity (Wildman–Crippen MR) is 124 cm³/mol. The second-order valence-electron chi connectivity index (χ2n) is 8.67. The number of nitrogens with zero attached hydrogens (tertiary/aromatic N) is 2. The maximum absolute atomic E-state index is 13.3. The van der Waals surface area contributed by atoms with Crippen LogP contribution in [0, 0.1) is 5.92 Å². The topological polar surface area (TPSA) is 63.0 Å². The van der Waals surface area contributed by atoms with E-state index in [0.29, 0.717) is 38.6 Å². The summed E-state index contributed by atoms with van der Waals surface area (Å²) in [5.41, 5.74) is 1.05. The molecule has 0 radical (unpaired) electrons. The number of ether oxygens (including phenoxy) is 1. The highest BCUT2D eigenvalue weighted by molar-refractivity contribution is 5.84. The standard InChI is InChI=1S/C26H36N2O4/c1-31-17-8-16-27(25(29)15-14-22-9-5-6-10-22)21-26(30)28(20-24-13-7-18-32-24)19-23-11-3-2-4-12-23/h2-4,7,11-13,18,22H,5-6,8-10,14-17,19-21H2,1H3. The van der Waals surface area contributed by atoms with Crippen LogP contribution < -0.4 is 0 Å². The van der Waals surface area contributed by atoms with E-state index in [0.717, 1.165) is 24.2 Å². The van der Waals surface area contributed by atoms with Crippen LogP contribution in [-0.4, -0.2) is 48.4 Å². The number of hydrogen-bond acceptors (Lipinski definition) is 4. The maximum Gasteiger partial charge on any atom is 0.242 e. The lowest BCUT2D eigenvalue weighted by Gasteiger charge is -2.28. The van der Waals surface area contributed by atoms with Gasteiger partial charge < -0.3 is 19.0 Å². The summed E-state index contributed by atoms with van der Waals surface area (Å²) >= 11 is 0. The molecule has 1 aliphatic rings. The molecule has 32 heavy (non-hydrogen) atoms. The van der Waals surface area contributed by atoms with Crippen molar-refractivity contribution in [2.45, 2.75) is 58.0 Å². The van der Waals surface area contributed by atoms with Gasteiger partial charge in [-0.3, -0.25) is 9.59 Å². The third-order valence-electron chi connectivity index (χ3n) is 6.19. The quantitative estimate of drug-likeness (QED) is 0.426. The molecule has 3 rings (SSSR count). The average molecular weight is 441 g/mol. The first-order chi connectivity index (χ1) is 15.7. The van der Waals surface area contributed by atoms with Crippen molar-refractivity contribution >= 4 is 11.8 Å². The van der Waals surface area contributed by atoms with Gasteiger partial charge in [-0.2, -0.15) is 0 Å². The lowest BCUT2D eigenvalue weighted by Crippen LogP contribution is -2.43. The summed E-state index contributed by atoms with van der Waals surface area (Å²) in [6, 6.07) is 13.6. The zero-order valence-corrected chi connectivity index (χ0v) is 19.2. The summed E-state index contributed by atoms with van der Waals surface area (Å²) in [6.45, 7) is 2.04. The minimum Gasteiger partial charge on any atom is -0.467 e. The van der Waals surface area contributed by atoms with Crippen LogP contribution in [0.2, 0.25) is 0 Å². The first-order valence-electron chi connectivity index (χ1n) is 11.8. The SMILES string of the molecule is COCCCN(CC(=O)N(Cc1ccccc1)Cc1ccco1)C(=O)CCC1CCCC1. The van der Waals surface area contributed by atoms with Gasteiger partial charge in [-0.1, -0.05) is 56.0 Å². The van der Waals surface area contributed by atoms with E-state index in [4.69, 9.17) is 9.15 Å². The fourth-order valence-electron chi connectivity index (χ4n) is 4.37. The van der Waals surface area contributed by atoms with E-state index in [1.165, 1.54) is 25.7 Å². The number of benzene rings is 1. The summed E-state index contributed by atoms with van der Waals surface area (Å²) in [6.07, 6.45) is 8.77. The predicted octanol–water partition coefficient (Wildman–Crippen LogP) is 4.64. The molecule has 1 heterocycles. The van der Waals surface area contributed by atoms with E-state index in [1.54, 1.807) is 23.2 Å². The third kappa shape index (κ3) is 7.83. The summed E-state index contributed by atoms with van der Waals surface area (Å²) in [4.78, 5) is 29.8. The molecule has 0 aliphatic heterocycles. The van der Waals surface area contributed by atoms with Crippen molar-refractivity contribution in [1.82, 2.24) is 9.80 Å². The average Bonchev–Trinajstić information content (AvgIpc) is 3.51. The van der Waals surface area contributed by atoms with Gasteiger partial charge in [0.25, 0.3) is 0 Å². The number of rotatable bonds is 13. The molecule has 6 heteroatoms. The fourth-order valence-corrected chi connectivity index (χ4v) is 4.37.